The summed E-state index contributed by atoms with van der Waals surface area (Å²) in [5.41, 5.74) is 2.15. The SMILES string of the molecule is CNCC(C)C(=O)NCC(O)c1ccc(C(C)(C)C)cc1. The van der Waals surface area contributed by atoms with Crippen molar-refractivity contribution in [2.75, 3.05) is 20.1 Å². The summed E-state index contributed by atoms with van der Waals surface area (Å²) in [6.45, 7) is 9.19. The fraction of sp³-hybridized carbons (Fsp3) is 0.588. The third-order valence-corrected chi connectivity index (χ3v) is 3.59. The lowest BCUT2D eigenvalue weighted by Crippen LogP contribution is -2.36. The van der Waals surface area contributed by atoms with Crippen LogP contribution in [0.25, 0.3) is 0 Å². The summed E-state index contributed by atoms with van der Waals surface area (Å²) in [6, 6.07) is 7.91. The second kappa shape index (κ2) is 7.57. The van der Waals surface area contributed by atoms with Crippen LogP contribution in [0, 0.1) is 5.92 Å². The van der Waals surface area contributed by atoms with E-state index >= 15 is 0 Å². The molecular formula is C17H28N2O2. The zero-order valence-electron chi connectivity index (χ0n) is 13.7. The highest BCUT2D eigenvalue weighted by Gasteiger charge is 2.16. The zero-order chi connectivity index (χ0) is 16.0. The van der Waals surface area contributed by atoms with Crippen LogP contribution in [0.3, 0.4) is 0 Å². The van der Waals surface area contributed by atoms with Gasteiger partial charge in [0, 0.05) is 19.0 Å². The molecule has 1 aromatic rings. The monoisotopic (exact) mass is 292 g/mol. The first kappa shape index (κ1) is 17.7. The Bertz CT molecular complexity index is 449. The van der Waals surface area contributed by atoms with Gasteiger partial charge in [0.05, 0.1) is 6.10 Å². The van der Waals surface area contributed by atoms with Crippen molar-refractivity contribution in [1.82, 2.24) is 10.6 Å². The van der Waals surface area contributed by atoms with Crippen molar-refractivity contribution in [2.24, 2.45) is 5.92 Å². The molecule has 21 heavy (non-hydrogen) atoms. The Kier molecular flexibility index (Phi) is 6.37. The van der Waals surface area contributed by atoms with Crippen molar-refractivity contribution in [2.45, 2.75) is 39.2 Å². The van der Waals surface area contributed by atoms with Gasteiger partial charge in [-0.05, 0) is 23.6 Å². The fourth-order valence-corrected chi connectivity index (χ4v) is 2.09. The molecule has 118 valence electrons. The molecule has 1 rings (SSSR count). The number of amides is 1. The molecule has 2 unspecified atom stereocenters. The van der Waals surface area contributed by atoms with E-state index in [1.54, 1.807) is 0 Å². The molecule has 4 nitrogen and oxygen atoms in total. The molecule has 0 saturated carbocycles. The van der Waals surface area contributed by atoms with E-state index in [0.29, 0.717) is 6.54 Å². The Balaban J connectivity index is 2.56. The van der Waals surface area contributed by atoms with Crippen molar-refractivity contribution >= 4 is 5.91 Å². The van der Waals surface area contributed by atoms with Gasteiger partial charge in [-0.25, -0.2) is 0 Å². The lowest BCUT2D eigenvalue weighted by Gasteiger charge is -2.20. The van der Waals surface area contributed by atoms with E-state index in [4.69, 9.17) is 0 Å². The minimum atomic E-state index is -0.676. The molecule has 0 aliphatic carbocycles. The molecule has 0 aliphatic rings. The number of carbonyl (C=O) groups is 1. The molecule has 2 atom stereocenters. The maximum absolute atomic E-state index is 11.8. The van der Waals surface area contributed by atoms with Gasteiger partial charge < -0.3 is 15.7 Å². The van der Waals surface area contributed by atoms with Crippen molar-refractivity contribution < 1.29 is 9.90 Å². The molecule has 1 amide bonds. The molecule has 0 aromatic heterocycles. The number of carbonyl (C=O) groups excluding carboxylic acids is 1. The summed E-state index contributed by atoms with van der Waals surface area (Å²) in [6.07, 6.45) is -0.676. The molecule has 0 spiro atoms. The van der Waals surface area contributed by atoms with Crippen LogP contribution in [-0.2, 0) is 10.2 Å². The number of benzene rings is 1. The number of rotatable bonds is 6. The Labute approximate surface area is 128 Å². The van der Waals surface area contributed by atoms with Gasteiger partial charge in [-0.3, -0.25) is 4.79 Å². The van der Waals surface area contributed by atoms with Gasteiger partial charge in [0.2, 0.25) is 5.91 Å². The first-order valence-corrected chi connectivity index (χ1v) is 7.46. The van der Waals surface area contributed by atoms with Gasteiger partial charge in [0.15, 0.2) is 0 Å². The summed E-state index contributed by atoms with van der Waals surface area (Å²) in [5, 5.41) is 15.9. The van der Waals surface area contributed by atoms with Crippen LogP contribution in [0.5, 0.6) is 0 Å². The molecule has 1 aromatic carbocycles. The summed E-state index contributed by atoms with van der Waals surface area (Å²) >= 11 is 0. The lowest BCUT2D eigenvalue weighted by molar-refractivity contribution is -0.124. The fourth-order valence-electron chi connectivity index (χ4n) is 2.09. The van der Waals surface area contributed by atoms with Gasteiger partial charge in [-0.1, -0.05) is 52.0 Å². The van der Waals surface area contributed by atoms with Crippen LogP contribution in [-0.4, -0.2) is 31.2 Å². The summed E-state index contributed by atoms with van der Waals surface area (Å²) in [5.74, 6) is -0.153. The Morgan fingerprint density at radius 3 is 2.24 bits per heavy atom. The van der Waals surface area contributed by atoms with Crippen molar-refractivity contribution in [3.63, 3.8) is 0 Å². The third kappa shape index (κ3) is 5.48. The quantitative estimate of drug-likeness (QED) is 0.751. The van der Waals surface area contributed by atoms with E-state index in [1.165, 1.54) is 5.56 Å². The lowest BCUT2D eigenvalue weighted by atomic mass is 9.86. The Morgan fingerprint density at radius 2 is 1.76 bits per heavy atom. The Morgan fingerprint density at radius 1 is 1.19 bits per heavy atom. The summed E-state index contributed by atoms with van der Waals surface area (Å²) in [4.78, 5) is 11.8. The van der Waals surface area contributed by atoms with Crippen LogP contribution in [0.2, 0.25) is 0 Å². The molecule has 3 N–H and O–H groups in total. The minimum Gasteiger partial charge on any atom is -0.387 e. The predicted molar refractivity (Wildman–Crippen MR) is 86.2 cm³/mol. The van der Waals surface area contributed by atoms with Crippen LogP contribution in [0.1, 0.15) is 44.9 Å². The minimum absolute atomic E-state index is 0.0466. The average Bonchev–Trinajstić information content (AvgIpc) is 2.43. The maximum atomic E-state index is 11.8. The number of nitrogens with one attached hydrogen (secondary N) is 2. The largest absolute Gasteiger partial charge is 0.387 e. The van der Waals surface area contributed by atoms with Gasteiger partial charge in [0.1, 0.15) is 0 Å². The molecule has 0 bridgehead atoms. The maximum Gasteiger partial charge on any atom is 0.224 e. The summed E-state index contributed by atoms with van der Waals surface area (Å²) in [7, 11) is 1.81. The first-order valence-electron chi connectivity index (χ1n) is 7.46. The average molecular weight is 292 g/mol. The van der Waals surface area contributed by atoms with E-state index < -0.39 is 6.10 Å². The van der Waals surface area contributed by atoms with E-state index in [-0.39, 0.29) is 23.8 Å². The molecule has 0 fully saturated rings. The third-order valence-electron chi connectivity index (χ3n) is 3.59. The molecule has 0 radical (unpaired) electrons. The molecule has 0 saturated heterocycles. The van der Waals surface area contributed by atoms with Crippen LogP contribution >= 0.6 is 0 Å². The molecule has 4 heteroatoms. The van der Waals surface area contributed by atoms with Crippen LogP contribution < -0.4 is 10.6 Å². The first-order chi connectivity index (χ1) is 9.75. The topological polar surface area (TPSA) is 61.4 Å². The molecule has 0 heterocycles. The van der Waals surface area contributed by atoms with Crippen LogP contribution in [0.4, 0.5) is 0 Å². The van der Waals surface area contributed by atoms with Gasteiger partial charge >= 0.3 is 0 Å². The predicted octanol–water partition coefficient (Wildman–Crippen LogP) is 1.99. The Hall–Kier alpha value is -1.39. The van der Waals surface area contributed by atoms with Crippen molar-refractivity contribution in [3.05, 3.63) is 35.4 Å². The van der Waals surface area contributed by atoms with Gasteiger partial charge in [-0.2, -0.15) is 0 Å². The van der Waals surface area contributed by atoms with Crippen molar-refractivity contribution in [3.8, 4) is 0 Å². The standard InChI is InChI=1S/C17H28N2O2/c1-12(10-18-5)16(21)19-11-15(20)13-6-8-14(9-7-13)17(2,3)4/h6-9,12,15,18,20H,10-11H2,1-5H3,(H,19,21). The van der Waals surface area contributed by atoms with E-state index in [9.17, 15) is 9.90 Å². The normalized spacial score (nSPS) is 14.6. The van der Waals surface area contributed by atoms with Crippen molar-refractivity contribution in [1.29, 1.82) is 0 Å². The highest BCUT2D eigenvalue weighted by atomic mass is 16.3. The van der Waals surface area contributed by atoms with Gasteiger partial charge in [0.25, 0.3) is 0 Å². The molecular weight excluding hydrogens is 264 g/mol. The number of aliphatic hydroxyl groups is 1. The van der Waals surface area contributed by atoms with Crippen LogP contribution in [0.15, 0.2) is 24.3 Å². The number of aliphatic hydroxyl groups excluding tert-OH is 1. The van der Waals surface area contributed by atoms with E-state index in [2.05, 4.69) is 31.4 Å². The number of hydrogen-bond donors (Lipinski definition) is 3. The second-order valence-corrected chi connectivity index (χ2v) is 6.59. The van der Waals surface area contributed by atoms with E-state index in [1.807, 2.05) is 38.2 Å². The number of hydrogen-bond acceptors (Lipinski definition) is 3. The highest BCUT2D eigenvalue weighted by molar-refractivity contribution is 5.78. The zero-order valence-corrected chi connectivity index (χ0v) is 13.7. The smallest absolute Gasteiger partial charge is 0.224 e. The highest BCUT2D eigenvalue weighted by Crippen LogP contribution is 2.23. The second-order valence-electron chi connectivity index (χ2n) is 6.59. The van der Waals surface area contributed by atoms with E-state index in [0.717, 1.165) is 5.56 Å². The van der Waals surface area contributed by atoms with Gasteiger partial charge in [-0.15, -0.1) is 0 Å². The summed E-state index contributed by atoms with van der Waals surface area (Å²) < 4.78 is 0. The molecule has 0 aliphatic heterocycles.